The van der Waals surface area contributed by atoms with Gasteiger partial charge in [-0.05, 0) is 26.9 Å². The highest BCUT2D eigenvalue weighted by Gasteiger charge is 2.12. The van der Waals surface area contributed by atoms with Gasteiger partial charge in [0.05, 0.1) is 6.61 Å². The fourth-order valence-corrected chi connectivity index (χ4v) is 1.96. The monoisotopic (exact) mass is 286 g/mol. The third kappa shape index (κ3) is 11.2. The average Bonchev–Trinajstić information content (AvgIpc) is 2.42. The third-order valence-corrected chi connectivity index (χ3v) is 3.32. The number of rotatable bonds is 13. The van der Waals surface area contributed by atoms with E-state index in [1.165, 1.54) is 25.7 Å². The molecule has 4 heteroatoms. The van der Waals surface area contributed by atoms with Gasteiger partial charge in [-0.15, -0.1) is 0 Å². The van der Waals surface area contributed by atoms with Crippen LogP contribution in [-0.4, -0.2) is 62.7 Å². The summed E-state index contributed by atoms with van der Waals surface area (Å²) in [7, 11) is 4.01. The first-order chi connectivity index (χ1) is 9.61. The molecule has 0 aliphatic heterocycles. The first-order valence-corrected chi connectivity index (χ1v) is 8.12. The highest BCUT2D eigenvalue weighted by atomic mass is 16.5. The van der Waals surface area contributed by atoms with Crippen LogP contribution in [0.3, 0.4) is 0 Å². The number of carbonyl (C=O) groups is 1. The summed E-state index contributed by atoms with van der Waals surface area (Å²) in [6, 6.07) is 0. The van der Waals surface area contributed by atoms with Crippen LogP contribution >= 0.6 is 0 Å². The molecular weight excluding hydrogens is 252 g/mol. The Morgan fingerprint density at radius 1 is 0.900 bits per heavy atom. The summed E-state index contributed by atoms with van der Waals surface area (Å²) in [6.07, 6.45) is 6.98. The van der Waals surface area contributed by atoms with Crippen molar-refractivity contribution in [2.75, 3.05) is 46.9 Å². The molecule has 0 radical (unpaired) electrons. The van der Waals surface area contributed by atoms with Crippen molar-refractivity contribution in [1.29, 1.82) is 0 Å². The van der Waals surface area contributed by atoms with E-state index in [0.29, 0.717) is 6.61 Å². The van der Waals surface area contributed by atoms with Gasteiger partial charge in [-0.25, -0.2) is 0 Å². The summed E-state index contributed by atoms with van der Waals surface area (Å²) in [5.74, 6) is 0.149. The minimum absolute atomic E-state index is 0.149. The Balaban J connectivity index is 3.97. The van der Waals surface area contributed by atoms with Crippen molar-refractivity contribution in [2.45, 2.75) is 52.4 Å². The smallest absolute Gasteiger partial charge is 0.248 e. The summed E-state index contributed by atoms with van der Waals surface area (Å²) < 4.78 is 5.47. The van der Waals surface area contributed by atoms with Crippen molar-refractivity contribution in [1.82, 2.24) is 9.80 Å². The van der Waals surface area contributed by atoms with Gasteiger partial charge in [0, 0.05) is 19.6 Å². The number of unbranched alkanes of at least 4 members (excludes halogenated alkanes) is 4. The molecule has 0 saturated heterocycles. The second-order valence-corrected chi connectivity index (χ2v) is 5.65. The van der Waals surface area contributed by atoms with Crippen molar-refractivity contribution in [2.24, 2.45) is 0 Å². The van der Waals surface area contributed by atoms with E-state index in [1.54, 1.807) is 0 Å². The van der Waals surface area contributed by atoms with Gasteiger partial charge in [-0.3, -0.25) is 4.79 Å². The van der Waals surface area contributed by atoms with Crippen LogP contribution in [-0.2, 0) is 9.53 Å². The molecule has 0 bridgehead atoms. The van der Waals surface area contributed by atoms with E-state index in [0.717, 1.165) is 32.5 Å². The fraction of sp³-hybridized carbons (Fsp3) is 0.938. The molecule has 0 fully saturated rings. The predicted molar refractivity (Wildman–Crippen MR) is 85.0 cm³/mol. The van der Waals surface area contributed by atoms with Gasteiger partial charge >= 0.3 is 0 Å². The van der Waals surface area contributed by atoms with E-state index in [-0.39, 0.29) is 12.5 Å². The van der Waals surface area contributed by atoms with Crippen LogP contribution in [0, 0.1) is 0 Å². The molecule has 0 aromatic rings. The molecule has 4 nitrogen and oxygen atoms in total. The van der Waals surface area contributed by atoms with E-state index in [9.17, 15) is 4.79 Å². The first kappa shape index (κ1) is 19.4. The van der Waals surface area contributed by atoms with Gasteiger partial charge in [0.15, 0.2) is 0 Å². The van der Waals surface area contributed by atoms with Gasteiger partial charge < -0.3 is 14.5 Å². The average molecular weight is 286 g/mol. The minimum atomic E-state index is 0.149. The number of hydrogen-bond donors (Lipinski definition) is 0. The van der Waals surface area contributed by atoms with Gasteiger partial charge in [0.25, 0.3) is 0 Å². The standard InChI is InChI=1S/C16H34N2O2/c1-5-7-9-11-18(12-10-8-6-2)16(19)15-20-14-13-17(3)4/h5-15H2,1-4H3. The van der Waals surface area contributed by atoms with Crippen molar-refractivity contribution < 1.29 is 9.53 Å². The maximum Gasteiger partial charge on any atom is 0.248 e. The SMILES string of the molecule is CCCCCN(CCCCC)C(=O)COCCN(C)C. The number of likely N-dealkylation sites (N-methyl/N-ethyl adjacent to an activating group) is 1. The predicted octanol–water partition coefficient (Wildman–Crippen LogP) is 2.77. The van der Waals surface area contributed by atoms with Crippen LogP contribution in [0.1, 0.15) is 52.4 Å². The normalized spacial score (nSPS) is 11.1. The largest absolute Gasteiger partial charge is 0.370 e. The van der Waals surface area contributed by atoms with Gasteiger partial charge in [0.1, 0.15) is 6.61 Å². The van der Waals surface area contributed by atoms with E-state index in [4.69, 9.17) is 4.74 Å². The molecule has 0 saturated carbocycles. The maximum atomic E-state index is 12.2. The molecule has 20 heavy (non-hydrogen) atoms. The maximum absolute atomic E-state index is 12.2. The Bertz CT molecular complexity index is 223. The second kappa shape index (κ2) is 13.4. The Kier molecular flexibility index (Phi) is 13.0. The molecule has 0 aromatic heterocycles. The lowest BCUT2D eigenvalue weighted by Gasteiger charge is -2.23. The summed E-state index contributed by atoms with van der Waals surface area (Å²) in [6.45, 7) is 7.85. The molecule has 120 valence electrons. The highest BCUT2D eigenvalue weighted by molar-refractivity contribution is 5.77. The lowest BCUT2D eigenvalue weighted by Crippen LogP contribution is -2.36. The first-order valence-electron chi connectivity index (χ1n) is 8.12. The molecule has 0 atom stereocenters. The molecule has 0 heterocycles. The van der Waals surface area contributed by atoms with Gasteiger partial charge in [-0.2, -0.15) is 0 Å². The van der Waals surface area contributed by atoms with E-state index < -0.39 is 0 Å². The highest BCUT2D eigenvalue weighted by Crippen LogP contribution is 2.03. The Labute approximate surface area is 125 Å². The molecule has 1 amide bonds. The molecule has 0 unspecified atom stereocenters. The van der Waals surface area contributed by atoms with E-state index in [2.05, 4.69) is 18.7 Å². The number of nitrogens with zero attached hydrogens (tertiary/aromatic N) is 2. The molecular formula is C16H34N2O2. The topological polar surface area (TPSA) is 32.8 Å². The van der Waals surface area contributed by atoms with Crippen molar-refractivity contribution in [3.63, 3.8) is 0 Å². The molecule has 0 aliphatic carbocycles. The van der Waals surface area contributed by atoms with Crippen LogP contribution in [0.25, 0.3) is 0 Å². The van der Waals surface area contributed by atoms with Crippen LogP contribution < -0.4 is 0 Å². The van der Waals surface area contributed by atoms with E-state index >= 15 is 0 Å². The molecule has 0 rings (SSSR count). The van der Waals surface area contributed by atoms with Crippen molar-refractivity contribution in [3.05, 3.63) is 0 Å². The lowest BCUT2D eigenvalue weighted by atomic mass is 10.2. The quantitative estimate of drug-likeness (QED) is 0.488. The Morgan fingerprint density at radius 3 is 1.90 bits per heavy atom. The summed E-state index contributed by atoms with van der Waals surface area (Å²) in [5.41, 5.74) is 0. The second-order valence-electron chi connectivity index (χ2n) is 5.65. The zero-order chi connectivity index (χ0) is 15.2. The molecule has 0 spiro atoms. The van der Waals surface area contributed by atoms with Crippen LogP contribution in [0.15, 0.2) is 0 Å². The molecule has 0 N–H and O–H groups in total. The minimum Gasteiger partial charge on any atom is -0.370 e. The van der Waals surface area contributed by atoms with Gasteiger partial charge in [-0.1, -0.05) is 39.5 Å². The number of ether oxygens (including phenoxy) is 1. The fourth-order valence-electron chi connectivity index (χ4n) is 1.96. The molecule has 0 aliphatic rings. The van der Waals surface area contributed by atoms with Crippen LogP contribution in [0.5, 0.6) is 0 Å². The van der Waals surface area contributed by atoms with Crippen LogP contribution in [0.2, 0.25) is 0 Å². The Hall–Kier alpha value is -0.610. The van der Waals surface area contributed by atoms with Crippen LogP contribution in [0.4, 0.5) is 0 Å². The summed E-state index contributed by atoms with van der Waals surface area (Å²) in [5, 5.41) is 0. The zero-order valence-electron chi connectivity index (χ0n) is 14.0. The lowest BCUT2D eigenvalue weighted by molar-refractivity contribution is -0.136. The number of hydrogen-bond acceptors (Lipinski definition) is 3. The number of carbonyl (C=O) groups excluding carboxylic acids is 1. The van der Waals surface area contributed by atoms with E-state index in [1.807, 2.05) is 19.0 Å². The third-order valence-electron chi connectivity index (χ3n) is 3.32. The zero-order valence-corrected chi connectivity index (χ0v) is 14.0. The Morgan fingerprint density at radius 2 is 1.45 bits per heavy atom. The van der Waals surface area contributed by atoms with Gasteiger partial charge in [0.2, 0.25) is 5.91 Å². The number of amides is 1. The van der Waals surface area contributed by atoms with Crippen molar-refractivity contribution >= 4 is 5.91 Å². The molecule has 0 aromatic carbocycles. The van der Waals surface area contributed by atoms with Crippen molar-refractivity contribution in [3.8, 4) is 0 Å². The summed E-state index contributed by atoms with van der Waals surface area (Å²) >= 11 is 0. The summed E-state index contributed by atoms with van der Waals surface area (Å²) in [4.78, 5) is 16.2.